The summed E-state index contributed by atoms with van der Waals surface area (Å²) >= 11 is 6.58. The molecule has 2 N–H and O–H groups in total. The van der Waals surface area contributed by atoms with E-state index >= 15 is 0 Å². The molecule has 3 nitrogen and oxygen atoms in total. The molecule has 0 fully saturated rings. The Morgan fingerprint density at radius 2 is 2.07 bits per heavy atom. The number of hydrogen-bond donors (Lipinski definition) is 1. The Labute approximate surface area is 98.9 Å². The van der Waals surface area contributed by atoms with Crippen LogP contribution in [-0.2, 0) is 4.74 Å². The molecule has 0 saturated heterocycles. The van der Waals surface area contributed by atoms with Gasteiger partial charge in [0.15, 0.2) is 0 Å². The van der Waals surface area contributed by atoms with E-state index in [0.717, 1.165) is 5.56 Å². The highest BCUT2D eigenvalue weighted by Crippen LogP contribution is 2.33. The molecule has 14 heavy (non-hydrogen) atoms. The largest absolute Gasteiger partial charge is 0.465 e. The Morgan fingerprint density at radius 1 is 1.50 bits per heavy atom. The van der Waals surface area contributed by atoms with Crippen LogP contribution in [0.4, 0.5) is 5.69 Å². The Bertz CT molecular complexity index is 391. The molecule has 1 aromatic rings. The van der Waals surface area contributed by atoms with Crippen LogP contribution in [0.25, 0.3) is 0 Å². The van der Waals surface area contributed by atoms with Crippen LogP contribution in [0.15, 0.2) is 15.0 Å². The molecule has 0 amide bonds. The first-order valence-corrected chi connectivity index (χ1v) is 5.40. The second-order valence-electron chi connectivity index (χ2n) is 2.75. The molecule has 0 saturated carbocycles. The standard InChI is InChI=1S/C9H9Br2NO2/c1-4-5(9(13)14-2)3-6(10)8(12)7(4)11/h3H,12H2,1-2H3. The summed E-state index contributed by atoms with van der Waals surface area (Å²) in [6, 6.07) is 1.65. The molecular formula is C9H9Br2NO2. The van der Waals surface area contributed by atoms with Crippen LogP contribution in [0.5, 0.6) is 0 Å². The van der Waals surface area contributed by atoms with Crippen molar-refractivity contribution < 1.29 is 9.53 Å². The fraction of sp³-hybridized carbons (Fsp3) is 0.222. The summed E-state index contributed by atoms with van der Waals surface area (Å²) in [6.07, 6.45) is 0. The summed E-state index contributed by atoms with van der Waals surface area (Å²) in [6.45, 7) is 1.80. The van der Waals surface area contributed by atoms with Crippen LogP contribution in [0.3, 0.4) is 0 Å². The van der Waals surface area contributed by atoms with Gasteiger partial charge in [0, 0.05) is 8.95 Å². The first-order valence-electron chi connectivity index (χ1n) is 3.81. The molecule has 1 rings (SSSR count). The second-order valence-corrected chi connectivity index (χ2v) is 4.40. The monoisotopic (exact) mass is 321 g/mol. The maximum atomic E-state index is 11.3. The van der Waals surface area contributed by atoms with Crippen molar-refractivity contribution in [2.75, 3.05) is 12.8 Å². The summed E-state index contributed by atoms with van der Waals surface area (Å²) in [5.74, 6) is -0.371. The van der Waals surface area contributed by atoms with Crippen molar-refractivity contribution in [3.05, 3.63) is 26.1 Å². The van der Waals surface area contributed by atoms with Gasteiger partial charge in [0.25, 0.3) is 0 Å². The van der Waals surface area contributed by atoms with Crippen LogP contribution >= 0.6 is 31.9 Å². The summed E-state index contributed by atoms with van der Waals surface area (Å²) < 4.78 is 6.04. The molecule has 0 bridgehead atoms. The van der Waals surface area contributed by atoms with E-state index in [1.807, 2.05) is 0 Å². The minimum absolute atomic E-state index is 0.371. The Hall–Kier alpha value is -0.550. The van der Waals surface area contributed by atoms with Gasteiger partial charge in [-0.05, 0) is 50.4 Å². The Kier molecular flexibility index (Phi) is 3.55. The van der Waals surface area contributed by atoms with Gasteiger partial charge in [-0.1, -0.05) is 0 Å². The van der Waals surface area contributed by atoms with Gasteiger partial charge in [-0.3, -0.25) is 0 Å². The maximum absolute atomic E-state index is 11.3. The predicted molar refractivity (Wildman–Crippen MR) is 62.3 cm³/mol. The fourth-order valence-electron chi connectivity index (χ4n) is 1.06. The number of nitrogens with two attached hydrogens (primary N) is 1. The minimum atomic E-state index is -0.371. The van der Waals surface area contributed by atoms with Crippen molar-refractivity contribution in [3.8, 4) is 0 Å². The lowest BCUT2D eigenvalue weighted by Crippen LogP contribution is -2.06. The highest BCUT2D eigenvalue weighted by atomic mass is 79.9. The minimum Gasteiger partial charge on any atom is -0.465 e. The third kappa shape index (κ3) is 1.93. The van der Waals surface area contributed by atoms with Gasteiger partial charge >= 0.3 is 5.97 Å². The van der Waals surface area contributed by atoms with Crippen molar-refractivity contribution in [1.29, 1.82) is 0 Å². The molecule has 0 radical (unpaired) electrons. The molecule has 0 heterocycles. The third-order valence-corrected chi connectivity index (χ3v) is 3.58. The quantitative estimate of drug-likeness (QED) is 0.639. The van der Waals surface area contributed by atoms with Crippen molar-refractivity contribution in [1.82, 2.24) is 0 Å². The number of hydrogen-bond acceptors (Lipinski definition) is 3. The Balaban J connectivity index is 3.40. The van der Waals surface area contributed by atoms with Crippen molar-refractivity contribution in [3.63, 3.8) is 0 Å². The second kappa shape index (κ2) is 4.31. The Morgan fingerprint density at radius 3 is 2.57 bits per heavy atom. The van der Waals surface area contributed by atoms with Crippen LogP contribution in [-0.4, -0.2) is 13.1 Å². The fourth-order valence-corrected chi connectivity index (χ4v) is 2.18. The van der Waals surface area contributed by atoms with E-state index in [1.54, 1.807) is 13.0 Å². The molecule has 0 unspecified atom stereocenters. The summed E-state index contributed by atoms with van der Waals surface area (Å²) in [4.78, 5) is 11.3. The van der Waals surface area contributed by atoms with Crippen molar-refractivity contribution >= 4 is 43.5 Å². The number of carbonyl (C=O) groups is 1. The molecule has 1 aromatic carbocycles. The summed E-state index contributed by atoms with van der Waals surface area (Å²) in [5.41, 5.74) is 7.60. The molecular weight excluding hydrogens is 314 g/mol. The molecule has 76 valence electrons. The van der Waals surface area contributed by atoms with Gasteiger partial charge in [0.1, 0.15) is 0 Å². The highest BCUT2D eigenvalue weighted by molar-refractivity contribution is 9.11. The molecule has 0 aromatic heterocycles. The van der Waals surface area contributed by atoms with Crippen LogP contribution in [0.1, 0.15) is 15.9 Å². The van der Waals surface area contributed by atoms with E-state index in [0.29, 0.717) is 20.2 Å². The highest BCUT2D eigenvalue weighted by Gasteiger charge is 2.15. The van der Waals surface area contributed by atoms with Gasteiger partial charge in [-0.25, -0.2) is 4.79 Å². The number of carbonyl (C=O) groups excluding carboxylic acids is 1. The SMILES string of the molecule is COC(=O)c1cc(Br)c(N)c(Br)c1C. The van der Waals surface area contributed by atoms with Crippen molar-refractivity contribution in [2.24, 2.45) is 0 Å². The van der Waals surface area contributed by atoms with E-state index in [4.69, 9.17) is 5.73 Å². The van der Waals surface area contributed by atoms with E-state index in [1.165, 1.54) is 7.11 Å². The van der Waals surface area contributed by atoms with E-state index < -0.39 is 0 Å². The average Bonchev–Trinajstić information content (AvgIpc) is 2.19. The van der Waals surface area contributed by atoms with Crippen LogP contribution in [0, 0.1) is 6.92 Å². The van der Waals surface area contributed by atoms with E-state index in [2.05, 4.69) is 36.6 Å². The topological polar surface area (TPSA) is 52.3 Å². The van der Waals surface area contributed by atoms with E-state index in [-0.39, 0.29) is 5.97 Å². The summed E-state index contributed by atoms with van der Waals surface area (Å²) in [7, 11) is 1.35. The average molecular weight is 323 g/mol. The third-order valence-electron chi connectivity index (χ3n) is 1.90. The van der Waals surface area contributed by atoms with Gasteiger partial charge in [-0.2, -0.15) is 0 Å². The van der Waals surface area contributed by atoms with Gasteiger partial charge in [0.2, 0.25) is 0 Å². The lowest BCUT2D eigenvalue weighted by atomic mass is 10.1. The maximum Gasteiger partial charge on any atom is 0.338 e. The molecule has 0 atom stereocenters. The lowest BCUT2D eigenvalue weighted by molar-refractivity contribution is 0.0600. The number of anilines is 1. The molecule has 0 aliphatic heterocycles. The number of nitrogen functional groups attached to an aromatic ring is 1. The van der Waals surface area contributed by atoms with Crippen LogP contribution in [0.2, 0.25) is 0 Å². The van der Waals surface area contributed by atoms with Gasteiger partial charge < -0.3 is 10.5 Å². The number of methoxy groups -OCH3 is 1. The number of benzene rings is 1. The number of halogens is 2. The number of ether oxygens (including phenoxy) is 1. The first kappa shape index (κ1) is 11.5. The van der Waals surface area contributed by atoms with Gasteiger partial charge in [-0.15, -0.1) is 0 Å². The molecule has 5 heteroatoms. The number of rotatable bonds is 1. The molecule has 0 aliphatic carbocycles. The first-order chi connectivity index (χ1) is 6.49. The zero-order valence-electron chi connectivity index (χ0n) is 7.73. The smallest absolute Gasteiger partial charge is 0.338 e. The zero-order valence-corrected chi connectivity index (χ0v) is 10.9. The molecule has 0 aliphatic rings. The molecule has 0 spiro atoms. The van der Waals surface area contributed by atoms with Crippen LogP contribution < -0.4 is 5.73 Å². The van der Waals surface area contributed by atoms with Crippen molar-refractivity contribution in [2.45, 2.75) is 6.92 Å². The van der Waals surface area contributed by atoms with E-state index in [9.17, 15) is 4.79 Å². The normalized spacial score (nSPS) is 10.0. The number of esters is 1. The lowest BCUT2D eigenvalue weighted by Gasteiger charge is -2.09. The predicted octanol–water partition coefficient (Wildman–Crippen LogP) is 2.89. The summed E-state index contributed by atoms with van der Waals surface area (Å²) in [5, 5.41) is 0. The zero-order chi connectivity index (χ0) is 10.9. The van der Waals surface area contributed by atoms with Gasteiger partial charge in [0.05, 0.1) is 18.4 Å².